The van der Waals surface area contributed by atoms with E-state index in [2.05, 4.69) is 15.9 Å². The molecular weight excluding hydrogens is 301 g/mol. The van der Waals surface area contributed by atoms with Crippen LogP contribution in [-0.4, -0.2) is 35.1 Å². The zero-order chi connectivity index (χ0) is 13.7. The molecular formula is C13H17BrFNO2. The van der Waals surface area contributed by atoms with Crippen LogP contribution in [0, 0.1) is 5.82 Å². The fourth-order valence-corrected chi connectivity index (χ4v) is 2.01. The predicted octanol–water partition coefficient (Wildman–Crippen LogP) is 2.82. The van der Waals surface area contributed by atoms with Gasteiger partial charge in [-0.25, -0.2) is 4.39 Å². The lowest BCUT2D eigenvalue weighted by Crippen LogP contribution is -2.38. The third kappa shape index (κ3) is 3.78. The van der Waals surface area contributed by atoms with Crippen molar-refractivity contribution in [2.24, 2.45) is 0 Å². The smallest absolute Gasteiger partial charge is 0.257 e. The fraction of sp³-hybridized carbons (Fsp3) is 0.462. The van der Waals surface area contributed by atoms with Crippen LogP contribution in [0.2, 0.25) is 0 Å². The highest BCUT2D eigenvalue weighted by molar-refractivity contribution is 9.10. The quantitative estimate of drug-likeness (QED) is 0.907. The number of carbonyl (C=O) groups is 1. The van der Waals surface area contributed by atoms with E-state index in [1.807, 2.05) is 13.8 Å². The van der Waals surface area contributed by atoms with Crippen LogP contribution in [-0.2, 0) is 0 Å². The van der Waals surface area contributed by atoms with Crippen LogP contribution in [0.1, 0.15) is 30.6 Å². The molecule has 0 heterocycles. The van der Waals surface area contributed by atoms with Gasteiger partial charge in [-0.3, -0.25) is 4.79 Å². The number of benzene rings is 1. The Morgan fingerprint density at radius 2 is 2.17 bits per heavy atom. The molecule has 0 aromatic heterocycles. The van der Waals surface area contributed by atoms with E-state index in [0.717, 1.165) is 0 Å². The number of carbonyl (C=O) groups excluding carboxylic acids is 1. The molecule has 0 fully saturated rings. The van der Waals surface area contributed by atoms with E-state index >= 15 is 0 Å². The molecule has 0 radical (unpaired) electrons. The van der Waals surface area contributed by atoms with Crippen LogP contribution in [0.5, 0.6) is 0 Å². The standard InChI is InChI=1S/C13H17BrFNO2/c1-9(2)16(6-3-7-17)13(18)11-8-10(14)4-5-12(11)15/h4-5,8-9,17H,3,6-7H2,1-2H3. The van der Waals surface area contributed by atoms with Gasteiger partial charge in [0.1, 0.15) is 5.82 Å². The zero-order valence-electron chi connectivity index (χ0n) is 10.5. The summed E-state index contributed by atoms with van der Waals surface area (Å²) in [4.78, 5) is 13.8. The summed E-state index contributed by atoms with van der Waals surface area (Å²) in [6.45, 7) is 4.16. The minimum Gasteiger partial charge on any atom is -0.396 e. The number of halogens is 2. The Morgan fingerprint density at radius 3 is 2.72 bits per heavy atom. The minimum atomic E-state index is -0.530. The molecule has 0 saturated carbocycles. The van der Waals surface area contributed by atoms with Gasteiger partial charge in [-0.1, -0.05) is 15.9 Å². The number of amides is 1. The van der Waals surface area contributed by atoms with Crippen molar-refractivity contribution < 1.29 is 14.3 Å². The third-order valence-corrected chi connectivity index (χ3v) is 3.09. The number of aliphatic hydroxyl groups is 1. The van der Waals surface area contributed by atoms with Crippen LogP contribution in [0.25, 0.3) is 0 Å². The van der Waals surface area contributed by atoms with Crippen molar-refractivity contribution in [2.75, 3.05) is 13.2 Å². The van der Waals surface area contributed by atoms with Gasteiger partial charge in [-0.2, -0.15) is 0 Å². The van der Waals surface area contributed by atoms with Crippen molar-refractivity contribution >= 4 is 21.8 Å². The average Bonchev–Trinajstić information content (AvgIpc) is 2.32. The first-order valence-electron chi connectivity index (χ1n) is 5.84. The molecule has 1 aromatic carbocycles. The van der Waals surface area contributed by atoms with E-state index < -0.39 is 5.82 Å². The summed E-state index contributed by atoms with van der Waals surface area (Å²) in [5, 5.41) is 8.83. The highest BCUT2D eigenvalue weighted by Gasteiger charge is 2.21. The van der Waals surface area contributed by atoms with Crippen LogP contribution in [0.4, 0.5) is 4.39 Å². The van der Waals surface area contributed by atoms with Gasteiger partial charge in [-0.15, -0.1) is 0 Å². The molecule has 1 N–H and O–H groups in total. The number of nitrogens with zero attached hydrogens (tertiary/aromatic N) is 1. The zero-order valence-corrected chi connectivity index (χ0v) is 12.1. The summed E-state index contributed by atoms with van der Waals surface area (Å²) in [5.74, 6) is -0.880. The van der Waals surface area contributed by atoms with Crippen molar-refractivity contribution in [1.82, 2.24) is 4.90 Å². The Hall–Kier alpha value is -0.940. The summed E-state index contributed by atoms with van der Waals surface area (Å²) in [6, 6.07) is 4.26. The van der Waals surface area contributed by atoms with Crippen molar-refractivity contribution in [1.29, 1.82) is 0 Å². The first-order chi connectivity index (χ1) is 8.47. The van der Waals surface area contributed by atoms with E-state index in [9.17, 15) is 9.18 Å². The Balaban J connectivity index is 2.98. The van der Waals surface area contributed by atoms with Gasteiger partial charge < -0.3 is 10.0 Å². The van der Waals surface area contributed by atoms with Crippen molar-refractivity contribution in [3.8, 4) is 0 Å². The number of hydrogen-bond acceptors (Lipinski definition) is 2. The molecule has 18 heavy (non-hydrogen) atoms. The highest BCUT2D eigenvalue weighted by Crippen LogP contribution is 2.18. The topological polar surface area (TPSA) is 40.5 Å². The maximum absolute atomic E-state index is 13.6. The average molecular weight is 318 g/mol. The molecule has 3 nitrogen and oxygen atoms in total. The molecule has 0 atom stereocenters. The molecule has 0 unspecified atom stereocenters. The minimum absolute atomic E-state index is 0.0114. The van der Waals surface area contributed by atoms with Gasteiger partial charge in [0.25, 0.3) is 5.91 Å². The molecule has 100 valence electrons. The Kier molecular flexibility index (Phi) is 5.75. The van der Waals surface area contributed by atoms with Gasteiger partial charge in [0.15, 0.2) is 0 Å². The fourth-order valence-electron chi connectivity index (χ4n) is 1.65. The summed E-state index contributed by atoms with van der Waals surface area (Å²) in [7, 11) is 0. The normalized spacial score (nSPS) is 10.8. The summed E-state index contributed by atoms with van der Waals surface area (Å²) in [5.41, 5.74) is 0.0519. The molecule has 5 heteroatoms. The summed E-state index contributed by atoms with van der Waals surface area (Å²) >= 11 is 3.23. The summed E-state index contributed by atoms with van der Waals surface area (Å²) < 4.78 is 14.3. The van der Waals surface area contributed by atoms with Gasteiger partial charge in [0.2, 0.25) is 0 Å². The maximum Gasteiger partial charge on any atom is 0.257 e. The largest absolute Gasteiger partial charge is 0.396 e. The van der Waals surface area contributed by atoms with Gasteiger partial charge in [-0.05, 0) is 38.5 Å². The predicted molar refractivity (Wildman–Crippen MR) is 72.0 cm³/mol. The van der Waals surface area contributed by atoms with Crippen LogP contribution >= 0.6 is 15.9 Å². The van der Waals surface area contributed by atoms with E-state index in [4.69, 9.17) is 5.11 Å². The lowest BCUT2D eigenvalue weighted by atomic mass is 10.1. The maximum atomic E-state index is 13.6. The number of rotatable bonds is 5. The Morgan fingerprint density at radius 1 is 1.50 bits per heavy atom. The van der Waals surface area contributed by atoms with E-state index in [-0.39, 0.29) is 24.1 Å². The molecule has 1 rings (SSSR count). The van der Waals surface area contributed by atoms with Gasteiger partial charge >= 0.3 is 0 Å². The SMILES string of the molecule is CC(C)N(CCCO)C(=O)c1cc(Br)ccc1F. The van der Waals surface area contributed by atoms with Crippen molar-refractivity contribution in [3.63, 3.8) is 0 Å². The molecule has 1 amide bonds. The first-order valence-corrected chi connectivity index (χ1v) is 6.63. The molecule has 0 aliphatic rings. The van der Waals surface area contributed by atoms with Crippen molar-refractivity contribution in [3.05, 3.63) is 34.1 Å². The molecule has 1 aromatic rings. The second kappa shape index (κ2) is 6.85. The van der Waals surface area contributed by atoms with Crippen LogP contribution < -0.4 is 0 Å². The molecule has 0 aliphatic carbocycles. The van der Waals surface area contributed by atoms with Crippen LogP contribution in [0.15, 0.2) is 22.7 Å². The monoisotopic (exact) mass is 317 g/mol. The lowest BCUT2D eigenvalue weighted by Gasteiger charge is -2.26. The van der Waals surface area contributed by atoms with Gasteiger partial charge in [0, 0.05) is 23.7 Å². The van der Waals surface area contributed by atoms with E-state index in [1.165, 1.54) is 12.1 Å². The Bertz CT molecular complexity index is 423. The van der Waals surface area contributed by atoms with Crippen LogP contribution in [0.3, 0.4) is 0 Å². The number of hydrogen-bond donors (Lipinski definition) is 1. The molecule has 0 spiro atoms. The molecule has 0 saturated heterocycles. The third-order valence-electron chi connectivity index (χ3n) is 2.60. The second-order valence-electron chi connectivity index (χ2n) is 4.29. The van der Waals surface area contributed by atoms with E-state index in [0.29, 0.717) is 17.4 Å². The molecule has 0 bridgehead atoms. The van der Waals surface area contributed by atoms with Crippen molar-refractivity contribution in [2.45, 2.75) is 26.3 Å². The number of aliphatic hydroxyl groups excluding tert-OH is 1. The highest BCUT2D eigenvalue weighted by atomic mass is 79.9. The second-order valence-corrected chi connectivity index (χ2v) is 5.21. The Labute approximate surface area is 115 Å². The lowest BCUT2D eigenvalue weighted by molar-refractivity contribution is 0.0688. The first kappa shape index (κ1) is 15.1. The summed E-state index contributed by atoms with van der Waals surface area (Å²) in [6.07, 6.45) is 0.486. The van der Waals surface area contributed by atoms with E-state index in [1.54, 1.807) is 11.0 Å². The van der Waals surface area contributed by atoms with Gasteiger partial charge in [0.05, 0.1) is 5.56 Å². The molecule has 0 aliphatic heterocycles.